The molecule has 1 saturated heterocycles. The Morgan fingerprint density at radius 1 is 1.00 bits per heavy atom. The fourth-order valence-corrected chi connectivity index (χ4v) is 4.30. The molecule has 1 aliphatic rings. The van der Waals surface area contributed by atoms with Gasteiger partial charge in [-0.3, -0.25) is 4.90 Å². The first-order valence-electron chi connectivity index (χ1n) is 11.4. The topological polar surface area (TPSA) is 85.3 Å². The average molecular weight is 462 g/mol. The number of ether oxygens (including phenoxy) is 1. The first-order chi connectivity index (χ1) is 16.6. The van der Waals surface area contributed by atoms with E-state index >= 15 is 0 Å². The van der Waals surface area contributed by atoms with Crippen LogP contribution in [0.1, 0.15) is 5.56 Å². The maximum Gasteiger partial charge on any atom is 0.228 e. The lowest BCUT2D eigenvalue weighted by molar-refractivity contribution is 0.144. The van der Waals surface area contributed by atoms with Gasteiger partial charge in [-0.2, -0.15) is 4.98 Å². The number of anilines is 2. The van der Waals surface area contributed by atoms with Crippen LogP contribution in [0.25, 0.3) is 22.3 Å². The summed E-state index contributed by atoms with van der Waals surface area (Å²) in [6.07, 6.45) is 0. The SMILES string of the molecule is COCCN1CCN(c2nc(-c3cccc(F)c3)c3c(N)n(Cc4ccccc4)nc3n2)CC1. The molecule has 2 aromatic carbocycles. The van der Waals surface area contributed by atoms with Crippen molar-refractivity contribution >= 4 is 22.8 Å². The highest BCUT2D eigenvalue weighted by atomic mass is 19.1. The summed E-state index contributed by atoms with van der Waals surface area (Å²) in [7, 11) is 1.72. The molecular formula is C25H28FN7O. The van der Waals surface area contributed by atoms with E-state index in [-0.39, 0.29) is 5.82 Å². The van der Waals surface area contributed by atoms with E-state index < -0.39 is 0 Å². The van der Waals surface area contributed by atoms with Crippen molar-refractivity contribution in [2.24, 2.45) is 0 Å². The van der Waals surface area contributed by atoms with E-state index in [1.807, 2.05) is 36.4 Å². The molecule has 3 heterocycles. The molecule has 0 amide bonds. The van der Waals surface area contributed by atoms with Gasteiger partial charge < -0.3 is 15.4 Å². The Labute approximate surface area is 197 Å². The summed E-state index contributed by atoms with van der Waals surface area (Å²) in [6.45, 7) is 5.49. The third-order valence-electron chi connectivity index (χ3n) is 6.17. The summed E-state index contributed by atoms with van der Waals surface area (Å²) < 4.78 is 21.1. The summed E-state index contributed by atoms with van der Waals surface area (Å²) >= 11 is 0. The maximum atomic E-state index is 14.1. The third-order valence-corrected chi connectivity index (χ3v) is 6.17. The number of nitrogen functional groups attached to an aromatic ring is 1. The highest BCUT2D eigenvalue weighted by molar-refractivity contribution is 5.99. The van der Waals surface area contributed by atoms with Gasteiger partial charge in [-0.25, -0.2) is 14.1 Å². The van der Waals surface area contributed by atoms with Gasteiger partial charge in [0.1, 0.15) is 11.6 Å². The number of piperazine rings is 1. The molecular weight excluding hydrogens is 433 g/mol. The summed E-state index contributed by atoms with van der Waals surface area (Å²) in [4.78, 5) is 14.2. The Balaban J connectivity index is 1.54. The Bertz CT molecular complexity index is 1270. The maximum absolute atomic E-state index is 14.1. The molecule has 0 saturated carbocycles. The molecule has 0 bridgehead atoms. The summed E-state index contributed by atoms with van der Waals surface area (Å²) in [5.41, 5.74) is 9.39. The number of nitrogens with zero attached hydrogens (tertiary/aromatic N) is 6. The van der Waals surface area contributed by atoms with E-state index in [0.717, 1.165) is 38.3 Å². The van der Waals surface area contributed by atoms with Crippen molar-refractivity contribution < 1.29 is 9.13 Å². The normalized spacial score (nSPS) is 14.7. The molecule has 1 fully saturated rings. The lowest BCUT2D eigenvalue weighted by Gasteiger charge is -2.34. The quantitative estimate of drug-likeness (QED) is 0.453. The largest absolute Gasteiger partial charge is 0.383 e. The number of benzene rings is 2. The zero-order chi connectivity index (χ0) is 23.5. The van der Waals surface area contributed by atoms with Crippen molar-refractivity contribution in [3.05, 3.63) is 66.0 Å². The van der Waals surface area contributed by atoms with Crippen LogP contribution in [-0.2, 0) is 11.3 Å². The molecule has 5 rings (SSSR count). The van der Waals surface area contributed by atoms with E-state index in [2.05, 4.69) is 9.80 Å². The summed E-state index contributed by atoms with van der Waals surface area (Å²) in [5, 5.41) is 5.36. The molecule has 0 atom stereocenters. The number of aromatic nitrogens is 4. The average Bonchev–Trinajstić information content (AvgIpc) is 3.18. The number of fused-ring (bicyclic) bond motifs is 1. The van der Waals surface area contributed by atoms with Crippen LogP contribution in [0.2, 0.25) is 0 Å². The molecule has 0 radical (unpaired) electrons. The second-order valence-corrected chi connectivity index (χ2v) is 8.43. The standard InChI is InChI=1S/C25H28FN7O/c1-34-15-14-31-10-12-32(13-11-31)25-28-22(19-8-5-9-20(26)16-19)21-23(27)33(30-24(21)29-25)17-18-6-3-2-4-7-18/h2-9,16H,10-15,17,27H2,1H3. The fourth-order valence-electron chi connectivity index (χ4n) is 4.30. The van der Waals surface area contributed by atoms with E-state index in [1.54, 1.807) is 17.9 Å². The predicted molar refractivity (Wildman–Crippen MR) is 131 cm³/mol. The van der Waals surface area contributed by atoms with E-state index in [0.29, 0.717) is 47.2 Å². The second kappa shape index (κ2) is 9.74. The smallest absolute Gasteiger partial charge is 0.228 e. The van der Waals surface area contributed by atoms with Gasteiger partial charge in [0.15, 0.2) is 5.65 Å². The highest BCUT2D eigenvalue weighted by Crippen LogP contribution is 2.33. The van der Waals surface area contributed by atoms with E-state index in [1.165, 1.54) is 12.1 Å². The minimum Gasteiger partial charge on any atom is -0.383 e. The van der Waals surface area contributed by atoms with Gasteiger partial charge in [0.25, 0.3) is 0 Å². The minimum absolute atomic E-state index is 0.326. The van der Waals surface area contributed by atoms with Crippen molar-refractivity contribution in [2.75, 3.05) is 57.1 Å². The van der Waals surface area contributed by atoms with Gasteiger partial charge in [0.05, 0.1) is 24.2 Å². The molecule has 0 spiro atoms. The lowest BCUT2D eigenvalue weighted by Crippen LogP contribution is -2.47. The molecule has 0 unspecified atom stereocenters. The van der Waals surface area contributed by atoms with Gasteiger partial charge in [0, 0.05) is 45.4 Å². The third kappa shape index (κ3) is 4.57. The first kappa shape index (κ1) is 22.2. The molecule has 8 nitrogen and oxygen atoms in total. The Hall–Kier alpha value is -3.56. The molecule has 2 aromatic heterocycles. The highest BCUT2D eigenvalue weighted by Gasteiger charge is 2.23. The molecule has 9 heteroatoms. The van der Waals surface area contributed by atoms with E-state index in [9.17, 15) is 4.39 Å². The monoisotopic (exact) mass is 461 g/mol. The van der Waals surface area contributed by atoms with Crippen molar-refractivity contribution in [1.29, 1.82) is 0 Å². The summed E-state index contributed by atoms with van der Waals surface area (Å²) in [6, 6.07) is 16.4. The number of methoxy groups -OCH3 is 1. The number of rotatable bonds is 7. The first-order valence-corrected chi connectivity index (χ1v) is 11.4. The van der Waals surface area contributed by atoms with Crippen LogP contribution in [-0.4, -0.2) is 71.1 Å². The number of hydrogen-bond donors (Lipinski definition) is 1. The van der Waals surface area contributed by atoms with Crippen molar-refractivity contribution in [1.82, 2.24) is 24.6 Å². The van der Waals surface area contributed by atoms with Crippen LogP contribution >= 0.6 is 0 Å². The van der Waals surface area contributed by atoms with Gasteiger partial charge in [-0.15, -0.1) is 5.10 Å². The van der Waals surface area contributed by atoms with Crippen LogP contribution in [0, 0.1) is 5.82 Å². The number of hydrogen-bond acceptors (Lipinski definition) is 7. The number of nitrogens with two attached hydrogens (primary N) is 1. The zero-order valence-electron chi connectivity index (χ0n) is 19.2. The van der Waals surface area contributed by atoms with Gasteiger partial charge in [-0.1, -0.05) is 42.5 Å². The number of halogens is 1. The van der Waals surface area contributed by atoms with Gasteiger partial charge in [-0.05, 0) is 17.7 Å². The van der Waals surface area contributed by atoms with Crippen LogP contribution in [0.15, 0.2) is 54.6 Å². The summed E-state index contributed by atoms with van der Waals surface area (Å²) in [5.74, 6) is 0.726. The van der Waals surface area contributed by atoms with Crippen molar-refractivity contribution in [2.45, 2.75) is 6.54 Å². The molecule has 34 heavy (non-hydrogen) atoms. The van der Waals surface area contributed by atoms with Crippen LogP contribution < -0.4 is 10.6 Å². The predicted octanol–water partition coefficient (Wildman–Crippen LogP) is 3.03. The zero-order valence-corrected chi connectivity index (χ0v) is 19.2. The molecule has 4 aromatic rings. The van der Waals surface area contributed by atoms with Crippen LogP contribution in [0.4, 0.5) is 16.2 Å². The van der Waals surface area contributed by atoms with Crippen molar-refractivity contribution in [3.8, 4) is 11.3 Å². The molecule has 176 valence electrons. The molecule has 1 aliphatic heterocycles. The Morgan fingerprint density at radius 3 is 2.53 bits per heavy atom. The lowest BCUT2D eigenvalue weighted by atomic mass is 10.1. The van der Waals surface area contributed by atoms with Crippen LogP contribution in [0.3, 0.4) is 0 Å². The minimum atomic E-state index is -0.326. The van der Waals surface area contributed by atoms with Crippen LogP contribution in [0.5, 0.6) is 0 Å². The van der Waals surface area contributed by atoms with Gasteiger partial charge in [0.2, 0.25) is 5.95 Å². The van der Waals surface area contributed by atoms with Gasteiger partial charge >= 0.3 is 0 Å². The van der Waals surface area contributed by atoms with Crippen molar-refractivity contribution in [3.63, 3.8) is 0 Å². The Kier molecular flexibility index (Phi) is 6.37. The second-order valence-electron chi connectivity index (χ2n) is 8.43. The van der Waals surface area contributed by atoms with E-state index in [4.69, 9.17) is 25.5 Å². The molecule has 2 N–H and O–H groups in total. The molecule has 0 aliphatic carbocycles. The Morgan fingerprint density at radius 2 is 1.79 bits per heavy atom. The fraction of sp³-hybridized carbons (Fsp3) is 0.320.